The molecule has 0 aliphatic heterocycles. The summed E-state index contributed by atoms with van der Waals surface area (Å²) >= 11 is 0. The molecule has 0 saturated carbocycles. The number of phenols is 1. The lowest BCUT2D eigenvalue weighted by Gasteiger charge is -2.22. The van der Waals surface area contributed by atoms with Crippen molar-refractivity contribution in [1.29, 1.82) is 0 Å². The number of aryl methyl sites for hydroxylation is 1. The molecule has 0 aliphatic rings. The molecule has 0 atom stereocenters. The number of aromatic carboxylic acids is 1. The fourth-order valence-corrected chi connectivity index (χ4v) is 3.50. The van der Waals surface area contributed by atoms with Crippen molar-refractivity contribution in [3.8, 4) is 5.75 Å². The largest absolute Gasteiger partial charge is 0.508 e. The zero-order valence-electron chi connectivity index (χ0n) is 16.0. The molecule has 0 unspecified atom stereocenters. The number of carboxylic acid groups (broad SMARTS) is 2. The molecule has 0 amide bonds. The van der Waals surface area contributed by atoms with E-state index in [4.69, 9.17) is 0 Å². The number of aromatic hydroxyl groups is 1. The Labute approximate surface area is 153 Å². The summed E-state index contributed by atoms with van der Waals surface area (Å²) in [7, 11) is 0. The molecule has 142 valence electrons. The SMILES string of the molecule is Cc1c(C(=O)O)c2c(C(C)(C)C(=O)O)c(O)ccc2n1CCCC(C)C. The van der Waals surface area contributed by atoms with Crippen LogP contribution in [-0.4, -0.2) is 31.8 Å². The topological polar surface area (TPSA) is 99.8 Å². The Balaban J connectivity index is 2.81. The quantitative estimate of drug-likeness (QED) is 0.688. The van der Waals surface area contributed by atoms with Crippen molar-refractivity contribution in [2.75, 3.05) is 0 Å². The highest BCUT2D eigenvalue weighted by Crippen LogP contribution is 2.41. The minimum absolute atomic E-state index is 0.0600. The standard InChI is InChI=1S/C20H27NO5/c1-11(2)7-6-10-21-12(3)15(18(23)24)16-13(21)8-9-14(22)17(16)20(4,5)19(25)26/h8-9,11,22H,6-7,10H2,1-5H3,(H,23,24)(H,25,26). The monoisotopic (exact) mass is 361 g/mol. The normalized spacial score (nSPS) is 12.1. The lowest BCUT2D eigenvalue weighted by molar-refractivity contribution is -0.142. The first kappa shape index (κ1) is 19.8. The van der Waals surface area contributed by atoms with Gasteiger partial charge in [-0.2, -0.15) is 0 Å². The molecule has 1 heterocycles. The summed E-state index contributed by atoms with van der Waals surface area (Å²) in [6, 6.07) is 3.12. The molecule has 3 N–H and O–H groups in total. The van der Waals surface area contributed by atoms with E-state index < -0.39 is 17.4 Å². The number of hydrogen-bond donors (Lipinski definition) is 3. The van der Waals surface area contributed by atoms with E-state index >= 15 is 0 Å². The maximum Gasteiger partial charge on any atom is 0.338 e. The molecule has 2 aromatic rings. The molecule has 26 heavy (non-hydrogen) atoms. The maximum atomic E-state index is 11.9. The zero-order chi connectivity index (χ0) is 19.8. The Morgan fingerprint density at radius 1 is 1.19 bits per heavy atom. The van der Waals surface area contributed by atoms with Gasteiger partial charge >= 0.3 is 11.9 Å². The number of hydrogen-bond acceptors (Lipinski definition) is 3. The molecule has 6 heteroatoms. The second kappa shape index (κ2) is 7.02. The van der Waals surface area contributed by atoms with E-state index in [0.717, 1.165) is 12.8 Å². The lowest BCUT2D eigenvalue weighted by atomic mass is 9.81. The van der Waals surface area contributed by atoms with E-state index in [1.54, 1.807) is 13.0 Å². The van der Waals surface area contributed by atoms with E-state index in [1.165, 1.54) is 19.9 Å². The van der Waals surface area contributed by atoms with E-state index in [-0.39, 0.29) is 16.9 Å². The Hall–Kier alpha value is -2.50. The highest BCUT2D eigenvalue weighted by Gasteiger charge is 2.37. The molecular formula is C20H27NO5. The third kappa shape index (κ3) is 3.28. The number of nitrogens with zero attached hydrogens (tertiary/aromatic N) is 1. The molecular weight excluding hydrogens is 334 g/mol. The Bertz CT molecular complexity index is 861. The average Bonchev–Trinajstić information content (AvgIpc) is 2.78. The van der Waals surface area contributed by atoms with Crippen molar-refractivity contribution < 1.29 is 24.9 Å². The maximum absolute atomic E-state index is 11.9. The van der Waals surface area contributed by atoms with Crippen LogP contribution in [0, 0.1) is 12.8 Å². The van der Waals surface area contributed by atoms with E-state index in [0.29, 0.717) is 29.1 Å². The summed E-state index contributed by atoms with van der Waals surface area (Å²) in [4.78, 5) is 23.7. The third-order valence-electron chi connectivity index (χ3n) is 5.01. The zero-order valence-corrected chi connectivity index (χ0v) is 16.0. The predicted octanol–water partition coefficient (Wildman–Crippen LogP) is 4.15. The van der Waals surface area contributed by atoms with Crippen molar-refractivity contribution in [1.82, 2.24) is 4.57 Å². The molecule has 0 aliphatic carbocycles. The van der Waals surface area contributed by atoms with Crippen LogP contribution in [0.4, 0.5) is 0 Å². The van der Waals surface area contributed by atoms with Gasteiger partial charge in [-0.15, -0.1) is 0 Å². The fourth-order valence-electron chi connectivity index (χ4n) is 3.50. The van der Waals surface area contributed by atoms with Crippen LogP contribution < -0.4 is 0 Å². The molecule has 0 bridgehead atoms. The van der Waals surface area contributed by atoms with Gasteiger partial charge in [-0.3, -0.25) is 4.79 Å². The molecule has 0 radical (unpaired) electrons. The van der Waals surface area contributed by atoms with E-state index in [1.807, 2.05) is 4.57 Å². The van der Waals surface area contributed by atoms with Gasteiger partial charge in [-0.05, 0) is 51.7 Å². The number of fused-ring (bicyclic) bond motifs is 1. The number of aromatic nitrogens is 1. The third-order valence-corrected chi connectivity index (χ3v) is 5.01. The molecule has 1 aromatic heterocycles. The van der Waals surface area contributed by atoms with Gasteiger partial charge in [-0.25, -0.2) is 4.79 Å². The summed E-state index contributed by atoms with van der Waals surface area (Å²) in [5.74, 6) is -1.90. The van der Waals surface area contributed by atoms with Gasteiger partial charge < -0.3 is 19.9 Å². The van der Waals surface area contributed by atoms with Gasteiger partial charge in [0.25, 0.3) is 0 Å². The Kier molecular flexibility index (Phi) is 5.35. The minimum atomic E-state index is -1.43. The Morgan fingerprint density at radius 3 is 2.31 bits per heavy atom. The highest BCUT2D eigenvalue weighted by atomic mass is 16.4. The fraction of sp³-hybridized carbons (Fsp3) is 0.500. The highest BCUT2D eigenvalue weighted by molar-refractivity contribution is 6.09. The van der Waals surface area contributed by atoms with Gasteiger partial charge in [-0.1, -0.05) is 13.8 Å². The molecule has 0 saturated heterocycles. The summed E-state index contributed by atoms with van der Waals surface area (Å²) in [6.45, 7) is 9.59. The molecule has 1 aromatic carbocycles. The summed E-state index contributed by atoms with van der Waals surface area (Å²) in [6.07, 6.45) is 1.90. The van der Waals surface area contributed by atoms with Crippen LogP contribution in [-0.2, 0) is 16.8 Å². The second-order valence-corrected chi connectivity index (χ2v) is 7.74. The van der Waals surface area contributed by atoms with Crippen molar-refractivity contribution in [3.05, 3.63) is 29.0 Å². The van der Waals surface area contributed by atoms with Crippen molar-refractivity contribution in [2.45, 2.75) is 59.4 Å². The van der Waals surface area contributed by atoms with Crippen LogP contribution in [0.5, 0.6) is 5.75 Å². The summed E-state index contributed by atoms with van der Waals surface area (Å²) in [5, 5.41) is 30.1. The van der Waals surface area contributed by atoms with Gasteiger partial charge in [0.1, 0.15) is 5.75 Å². The number of rotatable bonds is 7. The van der Waals surface area contributed by atoms with Crippen LogP contribution in [0.25, 0.3) is 10.9 Å². The van der Waals surface area contributed by atoms with Crippen molar-refractivity contribution in [3.63, 3.8) is 0 Å². The van der Waals surface area contributed by atoms with Gasteiger partial charge in [0.15, 0.2) is 0 Å². The van der Waals surface area contributed by atoms with Crippen LogP contribution in [0.15, 0.2) is 12.1 Å². The number of aliphatic carboxylic acids is 1. The molecule has 2 rings (SSSR count). The summed E-state index contributed by atoms with van der Waals surface area (Å²) < 4.78 is 1.92. The van der Waals surface area contributed by atoms with Crippen LogP contribution in [0.3, 0.4) is 0 Å². The number of carbonyl (C=O) groups is 2. The second-order valence-electron chi connectivity index (χ2n) is 7.74. The molecule has 0 spiro atoms. The van der Waals surface area contributed by atoms with E-state index in [9.17, 15) is 24.9 Å². The van der Waals surface area contributed by atoms with Crippen LogP contribution >= 0.6 is 0 Å². The van der Waals surface area contributed by atoms with Crippen molar-refractivity contribution in [2.24, 2.45) is 5.92 Å². The van der Waals surface area contributed by atoms with Crippen molar-refractivity contribution >= 4 is 22.8 Å². The minimum Gasteiger partial charge on any atom is -0.508 e. The molecule has 6 nitrogen and oxygen atoms in total. The smallest absolute Gasteiger partial charge is 0.338 e. The number of benzene rings is 1. The first-order valence-corrected chi connectivity index (χ1v) is 8.82. The van der Waals surface area contributed by atoms with Crippen LogP contribution in [0.2, 0.25) is 0 Å². The number of carboxylic acids is 2. The lowest BCUT2D eigenvalue weighted by Crippen LogP contribution is -2.29. The predicted molar refractivity (Wildman–Crippen MR) is 100 cm³/mol. The number of phenolic OH excluding ortho intramolecular Hbond substituents is 1. The Morgan fingerprint density at radius 2 is 1.81 bits per heavy atom. The van der Waals surface area contributed by atoms with Gasteiger partial charge in [0.05, 0.1) is 11.0 Å². The van der Waals surface area contributed by atoms with Gasteiger partial charge in [0, 0.05) is 28.7 Å². The first-order valence-electron chi connectivity index (χ1n) is 8.82. The summed E-state index contributed by atoms with van der Waals surface area (Å²) in [5.41, 5.74) is -0.00452. The van der Waals surface area contributed by atoms with Crippen LogP contribution in [0.1, 0.15) is 62.2 Å². The average molecular weight is 361 g/mol. The first-order chi connectivity index (χ1) is 12.0. The van der Waals surface area contributed by atoms with E-state index in [2.05, 4.69) is 13.8 Å². The molecule has 0 fully saturated rings. The van der Waals surface area contributed by atoms with Gasteiger partial charge in [0.2, 0.25) is 0 Å².